The Kier molecular flexibility index (Phi) is 4.47. The summed E-state index contributed by atoms with van der Waals surface area (Å²) in [4.78, 5) is 22.1. The SMILES string of the molecule is CSc1c2c(nc(NC(=O)Cc3ccc4c(c3)OCO4)n3nc(-c4ccco4)nc23)nn1C. The molecule has 5 aromatic rings. The number of hydrogen-bond donors (Lipinski definition) is 1. The first kappa shape index (κ1) is 19.6. The second-order valence-corrected chi connectivity index (χ2v) is 8.12. The van der Waals surface area contributed by atoms with Gasteiger partial charge in [-0.05, 0) is 36.1 Å². The van der Waals surface area contributed by atoms with Crippen molar-refractivity contribution in [3.63, 3.8) is 0 Å². The first-order valence-corrected chi connectivity index (χ1v) is 11.2. The largest absolute Gasteiger partial charge is 0.461 e. The maximum absolute atomic E-state index is 12.9. The van der Waals surface area contributed by atoms with Crippen LogP contribution in [0.2, 0.25) is 0 Å². The molecule has 0 saturated carbocycles. The number of nitrogens with zero attached hydrogens (tertiary/aromatic N) is 6. The molecule has 4 aromatic heterocycles. The molecule has 1 amide bonds. The van der Waals surface area contributed by atoms with Gasteiger partial charge in [0.25, 0.3) is 0 Å². The van der Waals surface area contributed by atoms with E-state index in [0.717, 1.165) is 16.0 Å². The molecule has 5 heterocycles. The fourth-order valence-corrected chi connectivity index (χ4v) is 4.46. The zero-order valence-corrected chi connectivity index (χ0v) is 18.4. The lowest BCUT2D eigenvalue weighted by Gasteiger charge is -2.07. The number of ether oxygens (including phenoxy) is 2. The number of benzene rings is 1. The van der Waals surface area contributed by atoms with Gasteiger partial charge in [0, 0.05) is 7.05 Å². The predicted molar refractivity (Wildman–Crippen MR) is 119 cm³/mol. The highest BCUT2D eigenvalue weighted by molar-refractivity contribution is 7.98. The molecule has 0 atom stereocenters. The maximum atomic E-state index is 12.9. The van der Waals surface area contributed by atoms with Crippen molar-refractivity contribution in [2.45, 2.75) is 11.4 Å². The molecule has 33 heavy (non-hydrogen) atoms. The van der Waals surface area contributed by atoms with Crippen LogP contribution in [0.4, 0.5) is 5.95 Å². The summed E-state index contributed by atoms with van der Waals surface area (Å²) in [5.74, 6) is 2.15. The average Bonchev–Trinajstić information content (AvgIpc) is 3.57. The van der Waals surface area contributed by atoms with Crippen molar-refractivity contribution in [2.75, 3.05) is 18.4 Å². The van der Waals surface area contributed by atoms with Crippen molar-refractivity contribution in [2.24, 2.45) is 7.05 Å². The molecule has 1 aliphatic rings. The van der Waals surface area contributed by atoms with Crippen molar-refractivity contribution >= 4 is 40.3 Å². The molecule has 0 saturated heterocycles. The minimum atomic E-state index is -0.266. The summed E-state index contributed by atoms with van der Waals surface area (Å²) in [7, 11) is 1.84. The highest BCUT2D eigenvalue weighted by Crippen LogP contribution is 2.33. The van der Waals surface area contributed by atoms with E-state index < -0.39 is 0 Å². The van der Waals surface area contributed by atoms with E-state index in [1.54, 1.807) is 35.2 Å². The van der Waals surface area contributed by atoms with Crippen molar-refractivity contribution in [1.29, 1.82) is 0 Å². The zero-order valence-electron chi connectivity index (χ0n) is 17.6. The summed E-state index contributed by atoms with van der Waals surface area (Å²) in [5.41, 5.74) is 1.78. The summed E-state index contributed by atoms with van der Waals surface area (Å²) in [6.45, 7) is 0.180. The Bertz CT molecular complexity index is 1520. The van der Waals surface area contributed by atoms with Crippen LogP contribution in [0.1, 0.15) is 5.56 Å². The normalized spacial score (nSPS) is 12.7. The van der Waals surface area contributed by atoms with E-state index in [4.69, 9.17) is 13.9 Å². The first-order valence-electron chi connectivity index (χ1n) is 10.0. The quantitative estimate of drug-likeness (QED) is 0.392. The lowest BCUT2D eigenvalue weighted by atomic mass is 10.1. The lowest BCUT2D eigenvalue weighted by Crippen LogP contribution is -2.18. The molecule has 0 radical (unpaired) electrons. The van der Waals surface area contributed by atoms with E-state index in [9.17, 15) is 4.79 Å². The minimum absolute atomic E-state index is 0.121. The van der Waals surface area contributed by atoms with Crippen LogP contribution >= 0.6 is 11.8 Å². The number of amides is 1. The van der Waals surface area contributed by atoms with Gasteiger partial charge < -0.3 is 13.9 Å². The van der Waals surface area contributed by atoms with E-state index >= 15 is 0 Å². The Balaban J connectivity index is 1.41. The smallest absolute Gasteiger partial charge is 0.234 e. The number of thioether (sulfide) groups is 1. The number of aromatic nitrogens is 6. The second-order valence-electron chi connectivity index (χ2n) is 7.33. The number of hydrogen-bond acceptors (Lipinski definition) is 9. The van der Waals surface area contributed by atoms with E-state index in [0.29, 0.717) is 34.4 Å². The molecule has 0 spiro atoms. The van der Waals surface area contributed by atoms with Gasteiger partial charge in [0.1, 0.15) is 5.03 Å². The van der Waals surface area contributed by atoms with Gasteiger partial charge in [-0.3, -0.25) is 14.8 Å². The van der Waals surface area contributed by atoms with Gasteiger partial charge in [0.2, 0.25) is 24.5 Å². The van der Waals surface area contributed by atoms with Gasteiger partial charge in [0.05, 0.1) is 18.1 Å². The average molecular weight is 463 g/mol. The van der Waals surface area contributed by atoms with Crippen LogP contribution in [0.25, 0.3) is 28.3 Å². The zero-order chi connectivity index (χ0) is 22.5. The molecule has 0 bridgehead atoms. The molecule has 12 heteroatoms. The highest BCUT2D eigenvalue weighted by atomic mass is 32.2. The van der Waals surface area contributed by atoms with Crippen LogP contribution in [-0.4, -0.2) is 48.3 Å². The number of nitrogens with one attached hydrogen (secondary N) is 1. The molecule has 0 unspecified atom stereocenters. The van der Waals surface area contributed by atoms with Gasteiger partial charge in [-0.2, -0.15) is 14.6 Å². The number of anilines is 1. The van der Waals surface area contributed by atoms with Crippen LogP contribution in [-0.2, 0) is 18.3 Å². The molecule has 6 rings (SSSR count). The third-order valence-electron chi connectivity index (χ3n) is 5.21. The van der Waals surface area contributed by atoms with Gasteiger partial charge >= 0.3 is 0 Å². The number of furan rings is 1. The number of aryl methyl sites for hydroxylation is 1. The molecule has 1 aliphatic heterocycles. The molecule has 0 fully saturated rings. The van der Waals surface area contributed by atoms with Crippen molar-refractivity contribution in [3.05, 3.63) is 42.2 Å². The van der Waals surface area contributed by atoms with E-state index in [-0.39, 0.29) is 25.1 Å². The first-order chi connectivity index (χ1) is 16.1. The molecule has 1 aromatic carbocycles. The summed E-state index contributed by atoms with van der Waals surface area (Å²) >= 11 is 1.53. The number of fused-ring (bicyclic) bond motifs is 4. The highest BCUT2D eigenvalue weighted by Gasteiger charge is 2.22. The summed E-state index contributed by atoms with van der Waals surface area (Å²) < 4.78 is 19.4. The van der Waals surface area contributed by atoms with Gasteiger partial charge in [0.15, 0.2) is 28.6 Å². The Morgan fingerprint density at radius 2 is 2.06 bits per heavy atom. The third-order valence-corrected chi connectivity index (χ3v) is 6.06. The maximum Gasteiger partial charge on any atom is 0.234 e. The monoisotopic (exact) mass is 463 g/mol. The Morgan fingerprint density at radius 1 is 1.18 bits per heavy atom. The van der Waals surface area contributed by atoms with Crippen LogP contribution in [0.15, 0.2) is 46.0 Å². The summed E-state index contributed by atoms with van der Waals surface area (Å²) in [5, 5.41) is 13.5. The van der Waals surface area contributed by atoms with Gasteiger partial charge in [-0.1, -0.05) is 6.07 Å². The Labute approximate surface area is 190 Å². The fourth-order valence-electron chi connectivity index (χ4n) is 3.77. The van der Waals surface area contributed by atoms with Gasteiger partial charge in [-0.15, -0.1) is 16.9 Å². The number of carbonyl (C=O) groups is 1. The fraction of sp³-hybridized carbons (Fsp3) is 0.190. The van der Waals surface area contributed by atoms with E-state index in [1.165, 1.54) is 16.3 Å². The minimum Gasteiger partial charge on any atom is -0.461 e. The molecule has 1 N–H and O–H groups in total. The van der Waals surface area contributed by atoms with Crippen molar-refractivity contribution < 1.29 is 18.7 Å². The van der Waals surface area contributed by atoms with Crippen LogP contribution in [0.3, 0.4) is 0 Å². The second kappa shape index (κ2) is 7.52. The summed E-state index contributed by atoms with van der Waals surface area (Å²) in [6.07, 6.45) is 3.63. The predicted octanol–water partition coefficient (Wildman–Crippen LogP) is 2.90. The summed E-state index contributed by atoms with van der Waals surface area (Å²) in [6, 6.07) is 8.95. The van der Waals surface area contributed by atoms with Crippen molar-refractivity contribution in [1.82, 2.24) is 29.4 Å². The van der Waals surface area contributed by atoms with E-state index in [1.807, 2.05) is 19.4 Å². The standard InChI is InChI=1S/C21H17N7O4S/c1-27-20(33-2)16-18(25-27)24-21(28-19(16)23-17(26-28)13-4-3-7-30-13)22-15(29)9-11-5-6-12-14(8-11)32-10-31-12/h3-8H,9-10H2,1-2H3,(H,22,24,25,29). The van der Waals surface area contributed by atoms with Crippen LogP contribution in [0, 0.1) is 0 Å². The molecule has 0 aliphatic carbocycles. The van der Waals surface area contributed by atoms with Crippen LogP contribution in [0.5, 0.6) is 11.5 Å². The molecule has 11 nitrogen and oxygen atoms in total. The molecular formula is C21H17N7O4S. The number of carbonyl (C=O) groups excluding carboxylic acids is 1. The third kappa shape index (κ3) is 3.26. The molecule has 166 valence electrons. The van der Waals surface area contributed by atoms with E-state index in [2.05, 4.69) is 25.5 Å². The molecular weight excluding hydrogens is 446 g/mol. The number of rotatable bonds is 5. The van der Waals surface area contributed by atoms with Crippen molar-refractivity contribution in [3.8, 4) is 23.1 Å². The lowest BCUT2D eigenvalue weighted by molar-refractivity contribution is -0.115. The Morgan fingerprint density at radius 3 is 2.88 bits per heavy atom. The Hall–Kier alpha value is -4.06. The topological polar surface area (TPSA) is 122 Å². The van der Waals surface area contributed by atoms with Crippen LogP contribution < -0.4 is 14.8 Å². The van der Waals surface area contributed by atoms with Gasteiger partial charge in [-0.25, -0.2) is 4.98 Å².